The molecule has 2 aromatic carbocycles. The van der Waals surface area contributed by atoms with Gasteiger partial charge in [0.25, 0.3) is 0 Å². The van der Waals surface area contributed by atoms with E-state index in [1.165, 1.54) is 0 Å². The van der Waals surface area contributed by atoms with Crippen LogP contribution in [0.1, 0.15) is 28.8 Å². The van der Waals surface area contributed by atoms with Crippen LogP contribution in [0.2, 0.25) is 0 Å². The van der Waals surface area contributed by atoms with Gasteiger partial charge in [0, 0.05) is 6.54 Å². The molecule has 4 N–H and O–H groups in total. The Labute approximate surface area is 111 Å². The van der Waals surface area contributed by atoms with E-state index in [0.29, 0.717) is 6.54 Å². The van der Waals surface area contributed by atoms with Gasteiger partial charge >= 0.3 is 0 Å². The minimum absolute atomic E-state index is 0.0420. The maximum Gasteiger partial charge on any atom is 0.115 e. The summed E-state index contributed by atoms with van der Waals surface area (Å²) < 4.78 is 0. The van der Waals surface area contributed by atoms with Gasteiger partial charge in [-0.2, -0.15) is 0 Å². The summed E-state index contributed by atoms with van der Waals surface area (Å²) in [5.41, 5.74) is 2.70. The Morgan fingerprint density at radius 1 is 0.895 bits per heavy atom. The van der Waals surface area contributed by atoms with E-state index in [2.05, 4.69) is 5.32 Å². The second-order valence-corrected chi connectivity index (χ2v) is 4.76. The number of hydrogen-bond acceptors (Lipinski definition) is 4. The third-order valence-electron chi connectivity index (χ3n) is 3.48. The predicted octanol–water partition coefficient (Wildman–Crippen LogP) is 1.82. The van der Waals surface area contributed by atoms with Crippen molar-refractivity contribution in [1.82, 2.24) is 5.32 Å². The number of phenols is 2. The summed E-state index contributed by atoms with van der Waals surface area (Å²) in [5.74, 6) is 0.384. The average molecular weight is 257 g/mol. The van der Waals surface area contributed by atoms with Crippen LogP contribution in [0.5, 0.6) is 11.5 Å². The van der Waals surface area contributed by atoms with Crippen LogP contribution in [0, 0.1) is 0 Å². The lowest BCUT2D eigenvalue weighted by molar-refractivity contribution is 0.160. The first kappa shape index (κ1) is 12.0. The molecule has 1 aliphatic rings. The van der Waals surface area contributed by atoms with Crippen molar-refractivity contribution in [3.05, 3.63) is 59.2 Å². The smallest absolute Gasteiger partial charge is 0.115 e. The Morgan fingerprint density at radius 2 is 1.58 bits per heavy atom. The standard InChI is InChI=1S/C15H15NO3/c17-10-3-1-9(2-4-10)15-12-6-5-11(18)7-13(12)14(19)8-16-15/h1-7,14-19H,8H2. The number of rotatable bonds is 1. The maximum atomic E-state index is 9.98. The molecule has 3 rings (SSSR count). The minimum atomic E-state index is -0.615. The van der Waals surface area contributed by atoms with Crippen molar-refractivity contribution < 1.29 is 15.3 Å². The maximum absolute atomic E-state index is 9.98. The SMILES string of the molecule is Oc1ccc(C2NCC(O)c3cc(O)ccc32)cc1. The van der Waals surface area contributed by atoms with E-state index in [1.807, 2.05) is 18.2 Å². The van der Waals surface area contributed by atoms with Gasteiger partial charge in [-0.3, -0.25) is 0 Å². The first-order valence-electron chi connectivity index (χ1n) is 6.18. The summed E-state index contributed by atoms with van der Waals surface area (Å²) in [7, 11) is 0. The molecule has 0 fully saturated rings. The van der Waals surface area contributed by atoms with Crippen molar-refractivity contribution in [2.45, 2.75) is 12.1 Å². The number of hydrogen-bond donors (Lipinski definition) is 4. The van der Waals surface area contributed by atoms with Crippen molar-refractivity contribution in [3.63, 3.8) is 0 Å². The highest BCUT2D eigenvalue weighted by Crippen LogP contribution is 2.35. The Morgan fingerprint density at radius 3 is 2.32 bits per heavy atom. The number of benzene rings is 2. The van der Waals surface area contributed by atoms with Gasteiger partial charge in [0.2, 0.25) is 0 Å². The molecule has 0 bridgehead atoms. The molecule has 2 aromatic rings. The second-order valence-electron chi connectivity index (χ2n) is 4.76. The largest absolute Gasteiger partial charge is 0.508 e. The van der Waals surface area contributed by atoms with Crippen LogP contribution in [0.15, 0.2) is 42.5 Å². The molecule has 0 spiro atoms. The lowest BCUT2D eigenvalue weighted by atomic mass is 9.88. The van der Waals surface area contributed by atoms with E-state index in [0.717, 1.165) is 16.7 Å². The first-order valence-corrected chi connectivity index (χ1v) is 6.18. The van der Waals surface area contributed by atoms with Crippen molar-refractivity contribution in [2.24, 2.45) is 0 Å². The van der Waals surface area contributed by atoms with Gasteiger partial charge in [0.15, 0.2) is 0 Å². The molecular formula is C15H15NO3. The van der Waals surface area contributed by atoms with Crippen LogP contribution in [-0.4, -0.2) is 21.9 Å². The van der Waals surface area contributed by atoms with E-state index >= 15 is 0 Å². The topological polar surface area (TPSA) is 72.7 Å². The second kappa shape index (κ2) is 4.57. The monoisotopic (exact) mass is 257 g/mol. The molecule has 4 heteroatoms. The molecule has 0 amide bonds. The molecule has 19 heavy (non-hydrogen) atoms. The van der Waals surface area contributed by atoms with Crippen molar-refractivity contribution in [1.29, 1.82) is 0 Å². The Hall–Kier alpha value is -2.04. The number of fused-ring (bicyclic) bond motifs is 1. The molecule has 1 heterocycles. The van der Waals surface area contributed by atoms with E-state index in [9.17, 15) is 15.3 Å². The molecule has 2 atom stereocenters. The Balaban J connectivity index is 2.06. The number of aromatic hydroxyl groups is 2. The van der Waals surface area contributed by atoms with Crippen LogP contribution in [0.25, 0.3) is 0 Å². The third kappa shape index (κ3) is 2.16. The molecule has 0 radical (unpaired) electrons. The fraction of sp³-hybridized carbons (Fsp3) is 0.200. The number of nitrogens with one attached hydrogen (secondary N) is 1. The zero-order chi connectivity index (χ0) is 13.4. The van der Waals surface area contributed by atoms with Gasteiger partial charge < -0.3 is 20.6 Å². The van der Waals surface area contributed by atoms with Gasteiger partial charge in [0.05, 0.1) is 12.1 Å². The number of phenolic OH excluding ortho intramolecular Hbond substituents is 2. The average Bonchev–Trinajstić information content (AvgIpc) is 2.41. The molecule has 0 saturated heterocycles. The molecular weight excluding hydrogens is 242 g/mol. The highest BCUT2D eigenvalue weighted by molar-refractivity contribution is 5.45. The molecule has 2 unspecified atom stereocenters. The van der Waals surface area contributed by atoms with Crippen LogP contribution in [0.3, 0.4) is 0 Å². The summed E-state index contributed by atoms with van der Waals surface area (Å²) in [4.78, 5) is 0. The summed E-state index contributed by atoms with van der Waals surface area (Å²) in [5, 5.41) is 32.1. The molecule has 0 aromatic heterocycles. The zero-order valence-corrected chi connectivity index (χ0v) is 10.2. The number of aliphatic hydroxyl groups excluding tert-OH is 1. The summed E-state index contributed by atoms with van der Waals surface area (Å²) in [6.45, 7) is 0.433. The van der Waals surface area contributed by atoms with Gasteiger partial charge in [-0.25, -0.2) is 0 Å². The minimum Gasteiger partial charge on any atom is -0.508 e. The Kier molecular flexibility index (Phi) is 2.89. The molecule has 98 valence electrons. The van der Waals surface area contributed by atoms with Gasteiger partial charge in [0.1, 0.15) is 11.5 Å². The van der Waals surface area contributed by atoms with E-state index in [1.54, 1.807) is 24.3 Å². The van der Waals surface area contributed by atoms with Gasteiger partial charge in [-0.1, -0.05) is 18.2 Å². The van der Waals surface area contributed by atoms with E-state index in [-0.39, 0.29) is 17.5 Å². The van der Waals surface area contributed by atoms with Crippen LogP contribution in [-0.2, 0) is 0 Å². The van der Waals surface area contributed by atoms with Crippen molar-refractivity contribution >= 4 is 0 Å². The fourth-order valence-electron chi connectivity index (χ4n) is 2.53. The van der Waals surface area contributed by atoms with Crippen LogP contribution in [0.4, 0.5) is 0 Å². The fourth-order valence-corrected chi connectivity index (χ4v) is 2.53. The first-order chi connectivity index (χ1) is 9.15. The quantitative estimate of drug-likeness (QED) is 0.629. The highest BCUT2D eigenvalue weighted by Gasteiger charge is 2.26. The number of aliphatic hydroxyl groups is 1. The molecule has 0 aliphatic carbocycles. The van der Waals surface area contributed by atoms with Gasteiger partial charge in [-0.05, 0) is 41.0 Å². The molecule has 0 saturated carbocycles. The predicted molar refractivity (Wildman–Crippen MR) is 71.0 cm³/mol. The lowest BCUT2D eigenvalue weighted by Crippen LogP contribution is -2.33. The van der Waals surface area contributed by atoms with E-state index in [4.69, 9.17) is 0 Å². The normalized spacial score (nSPS) is 21.9. The zero-order valence-electron chi connectivity index (χ0n) is 10.2. The molecule has 4 nitrogen and oxygen atoms in total. The van der Waals surface area contributed by atoms with Crippen LogP contribution < -0.4 is 5.32 Å². The van der Waals surface area contributed by atoms with Gasteiger partial charge in [-0.15, -0.1) is 0 Å². The number of β-amino-alcohol motifs (C(OH)–C–C–N with tert-alkyl or cyclic N) is 1. The lowest BCUT2D eigenvalue weighted by Gasteiger charge is -2.30. The summed E-state index contributed by atoms with van der Waals surface area (Å²) >= 11 is 0. The summed E-state index contributed by atoms with van der Waals surface area (Å²) in [6, 6.07) is 12.0. The van der Waals surface area contributed by atoms with Crippen molar-refractivity contribution in [2.75, 3.05) is 6.54 Å². The third-order valence-corrected chi connectivity index (χ3v) is 3.48. The molecule has 1 aliphatic heterocycles. The van der Waals surface area contributed by atoms with E-state index < -0.39 is 6.10 Å². The van der Waals surface area contributed by atoms with Crippen molar-refractivity contribution in [3.8, 4) is 11.5 Å². The van der Waals surface area contributed by atoms with Crippen LogP contribution >= 0.6 is 0 Å². The summed E-state index contributed by atoms with van der Waals surface area (Å²) in [6.07, 6.45) is -0.615. The highest BCUT2D eigenvalue weighted by atomic mass is 16.3. The Bertz CT molecular complexity index is 595.